The van der Waals surface area contributed by atoms with Crippen molar-refractivity contribution in [1.29, 1.82) is 0 Å². The third-order valence-electron chi connectivity index (χ3n) is 9.85. The highest BCUT2D eigenvalue weighted by atomic mass is 16.3. The molecule has 3 aromatic carbocycles. The molecule has 0 spiro atoms. The molecule has 0 radical (unpaired) electrons. The van der Waals surface area contributed by atoms with E-state index in [9.17, 15) is 24.6 Å². The first-order valence-electron chi connectivity index (χ1n) is 16.5. The van der Waals surface area contributed by atoms with Gasteiger partial charge >= 0.3 is 0 Å². The zero-order chi connectivity index (χ0) is 32.3. The molecular formula is C38H43N3O5. The Balaban J connectivity index is 1.15. The van der Waals surface area contributed by atoms with Crippen LogP contribution in [0.15, 0.2) is 84.9 Å². The number of fused-ring (bicyclic) bond motifs is 2. The molecule has 240 valence electrons. The van der Waals surface area contributed by atoms with Crippen molar-refractivity contribution in [2.24, 2.45) is 5.92 Å². The number of carbonyl (C=O) groups is 3. The first-order chi connectivity index (χ1) is 22.3. The molecule has 3 aliphatic heterocycles. The first kappa shape index (κ1) is 31.7. The Morgan fingerprint density at radius 1 is 0.957 bits per heavy atom. The molecule has 1 fully saturated rings. The second kappa shape index (κ2) is 13.6. The zero-order valence-electron chi connectivity index (χ0n) is 26.5. The maximum atomic E-state index is 14.0. The molecule has 3 aromatic rings. The molecule has 1 saturated heterocycles. The number of aliphatic hydroxyl groups is 2. The molecule has 0 unspecified atom stereocenters. The van der Waals surface area contributed by atoms with Gasteiger partial charge in [-0.2, -0.15) is 0 Å². The van der Waals surface area contributed by atoms with E-state index in [-0.39, 0.29) is 37.4 Å². The summed E-state index contributed by atoms with van der Waals surface area (Å²) in [5.74, 6) is -0.965. The van der Waals surface area contributed by atoms with Crippen molar-refractivity contribution in [3.8, 4) is 0 Å². The summed E-state index contributed by atoms with van der Waals surface area (Å²) >= 11 is 0. The Kier molecular flexibility index (Phi) is 9.38. The maximum absolute atomic E-state index is 14.0. The van der Waals surface area contributed by atoms with Crippen LogP contribution in [-0.2, 0) is 39.5 Å². The average Bonchev–Trinajstić information content (AvgIpc) is 3.29. The number of nitrogens with zero attached hydrogens (tertiary/aromatic N) is 3. The van der Waals surface area contributed by atoms with Gasteiger partial charge in [-0.05, 0) is 54.2 Å². The van der Waals surface area contributed by atoms with Gasteiger partial charge < -0.3 is 24.9 Å². The van der Waals surface area contributed by atoms with Gasteiger partial charge in [0.15, 0.2) is 5.60 Å². The molecule has 3 atom stereocenters. The van der Waals surface area contributed by atoms with Gasteiger partial charge in [0.05, 0.1) is 24.9 Å². The molecule has 0 saturated carbocycles. The van der Waals surface area contributed by atoms with E-state index in [2.05, 4.69) is 0 Å². The first-order valence-corrected chi connectivity index (χ1v) is 16.5. The topological polar surface area (TPSA) is 101 Å². The number of amides is 3. The normalized spacial score (nSPS) is 22.4. The van der Waals surface area contributed by atoms with Crippen molar-refractivity contribution >= 4 is 29.1 Å². The summed E-state index contributed by atoms with van der Waals surface area (Å²) in [7, 11) is 0. The minimum atomic E-state index is -1.79. The van der Waals surface area contributed by atoms with E-state index < -0.39 is 17.4 Å². The summed E-state index contributed by atoms with van der Waals surface area (Å²) in [5.41, 5.74) is 3.41. The van der Waals surface area contributed by atoms with Crippen LogP contribution in [0.1, 0.15) is 67.7 Å². The fourth-order valence-corrected chi connectivity index (χ4v) is 7.13. The molecule has 0 aliphatic carbocycles. The lowest BCUT2D eigenvalue weighted by Crippen LogP contribution is -2.46. The Bertz CT molecular complexity index is 1620. The minimum absolute atomic E-state index is 0.102. The van der Waals surface area contributed by atoms with Crippen molar-refractivity contribution in [2.45, 2.75) is 76.6 Å². The van der Waals surface area contributed by atoms with Crippen LogP contribution in [0.2, 0.25) is 0 Å². The van der Waals surface area contributed by atoms with Crippen LogP contribution in [0.4, 0.5) is 11.4 Å². The molecule has 3 aliphatic rings. The van der Waals surface area contributed by atoms with Crippen molar-refractivity contribution < 1.29 is 24.6 Å². The Morgan fingerprint density at radius 3 is 2.46 bits per heavy atom. The molecule has 8 heteroatoms. The average molecular weight is 622 g/mol. The fraction of sp³-hybridized carbons (Fsp3) is 0.395. The van der Waals surface area contributed by atoms with Crippen LogP contribution in [0.3, 0.4) is 0 Å². The van der Waals surface area contributed by atoms with Crippen molar-refractivity contribution in [3.05, 3.63) is 107 Å². The van der Waals surface area contributed by atoms with Gasteiger partial charge in [0, 0.05) is 43.1 Å². The van der Waals surface area contributed by atoms with E-state index in [1.54, 1.807) is 34.9 Å². The second-order valence-corrected chi connectivity index (χ2v) is 12.8. The molecule has 3 amide bonds. The van der Waals surface area contributed by atoms with Crippen LogP contribution in [-0.4, -0.2) is 52.0 Å². The van der Waals surface area contributed by atoms with Gasteiger partial charge in [-0.3, -0.25) is 14.4 Å². The minimum Gasteiger partial charge on any atom is -0.394 e. The number of carbonyl (C=O) groups excluding carboxylic acids is 3. The van der Waals surface area contributed by atoms with Gasteiger partial charge in [-0.25, -0.2) is 0 Å². The van der Waals surface area contributed by atoms with Gasteiger partial charge in [0.25, 0.3) is 5.91 Å². The van der Waals surface area contributed by atoms with E-state index in [0.717, 1.165) is 48.1 Å². The summed E-state index contributed by atoms with van der Waals surface area (Å²) in [4.78, 5) is 45.2. The summed E-state index contributed by atoms with van der Waals surface area (Å²) in [6, 6.07) is 22.8. The van der Waals surface area contributed by atoms with Crippen LogP contribution in [0, 0.1) is 5.92 Å². The lowest BCUT2D eigenvalue weighted by molar-refractivity contribution is -0.139. The highest BCUT2D eigenvalue weighted by Crippen LogP contribution is 2.45. The predicted octanol–water partition coefficient (Wildman–Crippen LogP) is 5.25. The number of rotatable bonds is 8. The van der Waals surface area contributed by atoms with Gasteiger partial charge in [-0.1, -0.05) is 86.5 Å². The van der Waals surface area contributed by atoms with Gasteiger partial charge in [0.2, 0.25) is 11.8 Å². The molecule has 3 heterocycles. The summed E-state index contributed by atoms with van der Waals surface area (Å²) < 4.78 is 0. The Hall–Kier alpha value is -4.27. The molecule has 46 heavy (non-hydrogen) atoms. The van der Waals surface area contributed by atoms with Crippen LogP contribution >= 0.6 is 0 Å². The van der Waals surface area contributed by atoms with Crippen molar-refractivity contribution in [3.63, 3.8) is 0 Å². The number of para-hydroxylation sites is 1. The zero-order valence-corrected chi connectivity index (χ0v) is 26.5. The van der Waals surface area contributed by atoms with E-state index in [1.807, 2.05) is 71.6 Å². The van der Waals surface area contributed by atoms with Gasteiger partial charge in [0.1, 0.15) is 0 Å². The van der Waals surface area contributed by atoms with E-state index in [4.69, 9.17) is 0 Å². The predicted molar refractivity (Wildman–Crippen MR) is 178 cm³/mol. The van der Waals surface area contributed by atoms with Crippen molar-refractivity contribution in [1.82, 2.24) is 4.90 Å². The largest absolute Gasteiger partial charge is 0.394 e. The Morgan fingerprint density at radius 2 is 1.67 bits per heavy atom. The molecular weight excluding hydrogens is 578 g/mol. The van der Waals surface area contributed by atoms with E-state index in [0.29, 0.717) is 37.2 Å². The van der Waals surface area contributed by atoms with Crippen LogP contribution in [0.25, 0.3) is 0 Å². The third-order valence-corrected chi connectivity index (χ3v) is 9.85. The second-order valence-electron chi connectivity index (χ2n) is 12.8. The lowest BCUT2D eigenvalue weighted by atomic mass is 9.83. The lowest BCUT2D eigenvalue weighted by Gasteiger charge is -2.36. The molecule has 0 bridgehead atoms. The molecule has 8 nitrogen and oxygen atoms in total. The number of aliphatic hydroxyl groups excluding tert-OH is 1. The summed E-state index contributed by atoms with van der Waals surface area (Å²) in [6.07, 6.45) is 8.89. The maximum Gasteiger partial charge on any atom is 0.264 e. The standard InChI is InChI=1S/C38H43N3O5/c1-27(11-10-17-36(44)40-25-30-13-6-5-12-29(30)23-32(40)26-42)38(46)33-14-7-8-15-34(33)41(37(38)45)24-28-18-20-31(21-19-28)39-22-9-3-2-4-16-35(39)43/h5-8,10-15,18-21,27,32,42,46H,2-4,9,16-17,22-26H2,1H3/b11-10+/t27-,32-,38+/m0/s1. The number of anilines is 2. The quantitative estimate of drug-likeness (QED) is 0.335. The summed E-state index contributed by atoms with van der Waals surface area (Å²) in [5, 5.41) is 22.0. The van der Waals surface area contributed by atoms with E-state index in [1.165, 1.54) is 0 Å². The van der Waals surface area contributed by atoms with Gasteiger partial charge in [-0.15, -0.1) is 0 Å². The van der Waals surface area contributed by atoms with E-state index >= 15 is 0 Å². The highest BCUT2D eigenvalue weighted by molar-refractivity contribution is 6.07. The SMILES string of the molecule is C[C@@H](/C=C/CC(=O)N1Cc2ccccc2C[C@H]1CO)[C@]1(O)C(=O)N(Cc2ccc(N3CCCCCCC3=O)cc2)c2ccccc21. The van der Waals surface area contributed by atoms with Crippen LogP contribution in [0.5, 0.6) is 0 Å². The van der Waals surface area contributed by atoms with Crippen molar-refractivity contribution in [2.75, 3.05) is 23.0 Å². The number of hydrogen-bond donors (Lipinski definition) is 2. The fourth-order valence-electron chi connectivity index (χ4n) is 7.13. The number of benzene rings is 3. The highest BCUT2D eigenvalue weighted by Gasteiger charge is 2.52. The van der Waals surface area contributed by atoms with Crippen LogP contribution < -0.4 is 9.80 Å². The summed E-state index contributed by atoms with van der Waals surface area (Å²) in [6.45, 7) is 3.13. The number of hydrogen-bond acceptors (Lipinski definition) is 5. The third kappa shape index (κ3) is 6.11. The molecule has 6 rings (SSSR count). The monoisotopic (exact) mass is 621 g/mol. The Labute approximate surface area is 270 Å². The smallest absolute Gasteiger partial charge is 0.264 e. The molecule has 0 aromatic heterocycles. The molecule has 2 N–H and O–H groups in total.